The molecular weight excluding hydrogens is 102 g/mol. The molecule has 0 radical (unpaired) electrons. The Kier molecular flexibility index (Phi) is 3.88. The third-order valence-corrected chi connectivity index (χ3v) is 0.842. The molecule has 0 saturated carbocycles. The minimum absolute atomic E-state index is 0.603. The van der Waals surface area contributed by atoms with E-state index in [1.165, 1.54) is 6.20 Å². The molecule has 3 nitrogen and oxygen atoms in total. The van der Waals surface area contributed by atoms with Gasteiger partial charge in [-0.25, -0.2) is 4.99 Å². The molecule has 0 aromatic carbocycles. The minimum atomic E-state index is 0.603. The summed E-state index contributed by atoms with van der Waals surface area (Å²) in [7, 11) is 0. The van der Waals surface area contributed by atoms with E-state index in [1.807, 2.05) is 0 Å². The van der Waals surface area contributed by atoms with E-state index in [-0.39, 0.29) is 0 Å². The Morgan fingerprint density at radius 2 is 2.38 bits per heavy atom. The lowest BCUT2D eigenvalue weighted by molar-refractivity contribution is -0.389. The van der Waals surface area contributed by atoms with Crippen LogP contribution in [-0.4, -0.2) is 13.3 Å². The molecule has 3 heteroatoms. The topological polar surface area (TPSA) is 66.0 Å². The summed E-state index contributed by atoms with van der Waals surface area (Å²) in [4.78, 5) is 2.66. The molecular formula is C5H12N3+. The first-order chi connectivity index (χ1) is 3.85. The van der Waals surface area contributed by atoms with Crippen LogP contribution in [0.3, 0.4) is 0 Å². The van der Waals surface area contributed by atoms with Crippen molar-refractivity contribution in [1.29, 1.82) is 0 Å². The maximum absolute atomic E-state index is 5.22. The molecule has 0 unspecified atom stereocenters. The highest BCUT2D eigenvalue weighted by atomic mass is 14.7. The number of nitrogens with one attached hydrogen (secondary N) is 1. The monoisotopic (exact) mass is 114 g/mol. The van der Waals surface area contributed by atoms with Crippen LogP contribution in [0.2, 0.25) is 0 Å². The zero-order chi connectivity index (χ0) is 6.41. The molecule has 0 aliphatic heterocycles. The van der Waals surface area contributed by atoms with Gasteiger partial charge < -0.3 is 11.5 Å². The van der Waals surface area contributed by atoms with Gasteiger partial charge in [-0.05, 0) is 0 Å². The van der Waals surface area contributed by atoms with Crippen LogP contribution in [0, 0.1) is 0 Å². The van der Waals surface area contributed by atoms with Crippen molar-refractivity contribution in [3.05, 3.63) is 11.9 Å². The first-order valence-corrected chi connectivity index (χ1v) is 2.49. The van der Waals surface area contributed by atoms with Gasteiger partial charge in [0, 0.05) is 13.0 Å². The molecule has 0 heterocycles. The van der Waals surface area contributed by atoms with Gasteiger partial charge in [-0.3, -0.25) is 0 Å². The summed E-state index contributed by atoms with van der Waals surface area (Å²) in [6, 6.07) is 0. The van der Waals surface area contributed by atoms with Crippen LogP contribution < -0.4 is 16.5 Å². The van der Waals surface area contributed by atoms with Crippen LogP contribution in [0.1, 0.15) is 6.42 Å². The second-order valence-electron chi connectivity index (χ2n) is 1.41. The molecule has 5 N–H and O–H groups in total. The summed E-state index contributed by atoms with van der Waals surface area (Å²) in [5.41, 5.74) is 11.2. The van der Waals surface area contributed by atoms with Gasteiger partial charge in [0.15, 0.2) is 5.70 Å². The zero-order valence-corrected chi connectivity index (χ0v) is 4.85. The Morgan fingerprint density at radius 3 is 2.50 bits per heavy atom. The van der Waals surface area contributed by atoms with Gasteiger partial charge in [-0.15, -0.1) is 0 Å². The van der Waals surface area contributed by atoms with Crippen molar-refractivity contribution in [2.45, 2.75) is 6.42 Å². The van der Waals surface area contributed by atoms with Crippen molar-refractivity contribution >= 4 is 6.72 Å². The smallest absolute Gasteiger partial charge is 0.195 e. The Morgan fingerprint density at radius 1 is 1.75 bits per heavy atom. The van der Waals surface area contributed by atoms with Gasteiger partial charge in [0.25, 0.3) is 0 Å². The maximum atomic E-state index is 5.22. The molecule has 0 bridgehead atoms. The fourth-order valence-corrected chi connectivity index (χ4v) is 0.386. The lowest BCUT2D eigenvalue weighted by Gasteiger charge is -1.86. The van der Waals surface area contributed by atoms with Gasteiger partial charge in [-0.2, -0.15) is 0 Å². The molecule has 46 valence electrons. The maximum Gasteiger partial charge on any atom is 0.195 e. The minimum Gasteiger partial charge on any atom is -0.400 e. The van der Waals surface area contributed by atoms with Crippen LogP contribution in [0.25, 0.3) is 0 Å². The summed E-state index contributed by atoms with van der Waals surface area (Å²) >= 11 is 0. The number of hydrogen-bond donors (Lipinski definition) is 3. The van der Waals surface area contributed by atoms with E-state index in [0.29, 0.717) is 6.54 Å². The van der Waals surface area contributed by atoms with E-state index in [4.69, 9.17) is 11.5 Å². The Hall–Kier alpha value is -0.830. The van der Waals surface area contributed by atoms with Crippen LogP contribution in [0.15, 0.2) is 11.9 Å². The van der Waals surface area contributed by atoms with E-state index in [2.05, 4.69) is 11.7 Å². The van der Waals surface area contributed by atoms with Crippen LogP contribution in [0.4, 0.5) is 0 Å². The lowest BCUT2D eigenvalue weighted by Crippen LogP contribution is -2.64. The Labute approximate surface area is 49.1 Å². The summed E-state index contributed by atoms with van der Waals surface area (Å²) in [6.07, 6.45) is 2.24. The predicted molar refractivity (Wildman–Crippen MR) is 34.0 cm³/mol. The van der Waals surface area contributed by atoms with Crippen LogP contribution in [0.5, 0.6) is 0 Å². The predicted octanol–water partition coefficient (Wildman–Crippen LogP) is -2.08. The van der Waals surface area contributed by atoms with Crippen molar-refractivity contribution in [3.63, 3.8) is 0 Å². The Bertz CT molecular complexity index is 95.8. The van der Waals surface area contributed by atoms with Crippen LogP contribution >= 0.6 is 0 Å². The van der Waals surface area contributed by atoms with Gasteiger partial charge in [-0.1, -0.05) is 0 Å². The zero-order valence-electron chi connectivity index (χ0n) is 4.85. The van der Waals surface area contributed by atoms with Crippen molar-refractivity contribution in [1.82, 2.24) is 0 Å². The highest BCUT2D eigenvalue weighted by Crippen LogP contribution is 1.80. The molecule has 0 rings (SSSR count). The second-order valence-corrected chi connectivity index (χ2v) is 1.41. The third kappa shape index (κ3) is 2.36. The van der Waals surface area contributed by atoms with Gasteiger partial charge in [0.05, 0.1) is 6.20 Å². The fraction of sp³-hybridized carbons (Fsp3) is 0.400. The molecule has 0 atom stereocenters. The Balaban J connectivity index is 3.54. The molecule has 0 saturated heterocycles. The standard InChI is InChI=1S/C5H11N3/c1-8-5(4-7)2-3-6/h4H,1-3,6-7H2/p+1/b5-4+. The average molecular weight is 114 g/mol. The van der Waals surface area contributed by atoms with Crippen molar-refractivity contribution in [2.24, 2.45) is 11.5 Å². The molecule has 0 spiro atoms. The van der Waals surface area contributed by atoms with Crippen LogP contribution in [-0.2, 0) is 0 Å². The molecule has 8 heavy (non-hydrogen) atoms. The summed E-state index contributed by atoms with van der Waals surface area (Å²) in [6.45, 7) is 4.02. The summed E-state index contributed by atoms with van der Waals surface area (Å²) in [5.74, 6) is 0. The SMILES string of the molecule is C=[NH+]/C(=C/N)CCN. The van der Waals surface area contributed by atoms with E-state index in [0.717, 1.165) is 12.1 Å². The van der Waals surface area contributed by atoms with Crippen molar-refractivity contribution < 1.29 is 4.99 Å². The third-order valence-electron chi connectivity index (χ3n) is 0.842. The van der Waals surface area contributed by atoms with E-state index < -0.39 is 0 Å². The number of rotatable bonds is 3. The lowest BCUT2D eigenvalue weighted by atomic mass is 10.3. The molecule has 0 aromatic rings. The summed E-state index contributed by atoms with van der Waals surface area (Å²) < 4.78 is 0. The first kappa shape index (κ1) is 7.17. The molecule has 0 fully saturated rings. The average Bonchev–Trinajstić information content (AvgIpc) is 1.83. The highest BCUT2D eigenvalue weighted by Gasteiger charge is 1.92. The number of hydrogen-bond acceptors (Lipinski definition) is 2. The van der Waals surface area contributed by atoms with Gasteiger partial charge in [0.1, 0.15) is 6.72 Å². The second kappa shape index (κ2) is 4.33. The highest BCUT2D eigenvalue weighted by molar-refractivity contribution is 5.14. The summed E-state index contributed by atoms with van der Waals surface area (Å²) in [5, 5.41) is 0. The largest absolute Gasteiger partial charge is 0.400 e. The molecule has 0 aliphatic carbocycles. The van der Waals surface area contributed by atoms with E-state index in [1.54, 1.807) is 0 Å². The van der Waals surface area contributed by atoms with Crippen molar-refractivity contribution in [3.8, 4) is 0 Å². The van der Waals surface area contributed by atoms with Gasteiger partial charge in [0.2, 0.25) is 0 Å². The first-order valence-electron chi connectivity index (χ1n) is 2.49. The molecule has 0 aromatic heterocycles. The van der Waals surface area contributed by atoms with Crippen molar-refractivity contribution in [2.75, 3.05) is 6.54 Å². The quantitative estimate of drug-likeness (QED) is 0.368. The molecule has 0 aliphatic rings. The van der Waals surface area contributed by atoms with E-state index in [9.17, 15) is 0 Å². The van der Waals surface area contributed by atoms with Gasteiger partial charge >= 0.3 is 0 Å². The van der Waals surface area contributed by atoms with E-state index >= 15 is 0 Å². The molecule has 0 amide bonds. The fourth-order valence-electron chi connectivity index (χ4n) is 0.386. The number of nitrogens with two attached hydrogens (primary N) is 2. The normalized spacial score (nSPS) is 11.4.